The first-order chi connectivity index (χ1) is 14.3. The van der Waals surface area contributed by atoms with Gasteiger partial charge in [-0.25, -0.2) is 19.4 Å². The molecule has 0 aromatic heterocycles. The predicted octanol–water partition coefficient (Wildman–Crippen LogP) is 4.47. The average Bonchev–Trinajstić information content (AvgIpc) is 2.78. The van der Waals surface area contributed by atoms with Crippen molar-refractivity contribution in [3.05, 3.63) is 72.8 Å². The molecule has 29 heavy (non-hydrogen) atoms. The minimum Gasteiger partial charge on any atom is -0.211 e. The quantitative estimate of drug-likeness (QED) is 0.297. The van der Waals surface area contributed by atoms with E-state index in [0.717, 1.165) is 0 Å². The van der Waals surface area contributed by atoms with Gasteiger partial charge < -0.3 is 0 Å². The fourth-order valence-electron chi connectivity index (χ4n) is 3.21. The second-order valence-corrected chi connectivity index (χ2v) is 5.99. The third-order valence-corrected chi connectivity index (χ3v) is 4.37. The summed E-state index contributed by atoms with van der Waals surface area (Å²) in [6.07, 6.45) is 2.56. The van der Waals surface area contributed by atoms with E-state index in [9.17, 15) is 14.4 Å². The van der Waals surface area contributed by atoms with E-state index in [4.69, 9.17) is 0 Å². The summed E-state index contributed by atoms with van der Waals surface area (Å²) in [4.78, 5) is 38.0. The Balaban J connectivity index is 0.000000191. The third kappa shape index (κ3) is 4.38. The first-order valence-electron chi connectivity index (χ1n) is 8.76. The smallest absolute Gasteiger partial charge is 0.211 e. The summed E-state index contributed by atoms with van der Waals surface area (Å²) in [6.45, 7) is -0.187. The minimum atomic E-state index is -0.994. The van der Waals surface area contributed by atoms with Crippen LogP contribution in [0, 0.1) is 0 Å². The summed E-state index contributed by atoms with van der Waals surface area (Å²) in [6, 6.07) is 26.0. The Hall–Kier alpha value is -4.20. The molecule has 0 spiro atoms. The van der Waals surface area contributed by atoms with E-state index in [2.05, 4.69) is 87.8 Å². The number of rotatable bonds is 4. The van der Waals surface area contributed by atoms with Crippen LogP contribution in [0.4, 0.5) is 0 Å². The fourth-order valence-corrected chi connectivity index (χ4v) is 3.21. The van der Waals surface area contributed by atoms with Crippen molar-refractivity contribution in [2.75, 3.05) is 6.54 Å². The van der Waals surface area contributed by atoms with Gasteiger partial charge in [0.25, 0.3) is 0 Å². The zero-order chi connectivity index (χ0) is 20.5. The maximum Gasteiger partial charge on any atom is 0.237 e. The first-order valence-corrected chi connectivity index (χ1v) is 8.76. The second kappa shape index (κ2) is 9.65. The number of nitrogens with zero attached hydrogens (tertiary/aromatic N) is 3. The highest BCUT2D eigenvalue weighted by Crippen LogP contribution is 2.34. The summed E-state index contributed by atoms with van der Waals surface area (Å²) < 4.78 is 0. The van der Waals surface area contributed by atoms with Crippen LogP contribution in [0.1, 0.15) is 0 Å². The van der Waals surface area contributed by atoms with Crippen LogP contribution in [0.5, 0.6) is 0 Å². The lowest BCUT2D eigenvalue weighted by molar-refractivity contribution is 0.546. The van der Waals surface area contributed by atoms with Crippen LogP contribution in [-0.4, -0.2) is 31.0 Å². The summed E-state index contributed by atoms with van der Waals surface area (Å²) in [5.41, 5.74) is 0. The van der Waals surface area contributed by atoms with E-state index < -0.39 is 6.17 Å². The monoisotopic (exact) mass is 381 g/mol. The van der Waals surface area contributed by atoms with Crippen molar-refractivity contribution in [2.24, 2.45) is 15.0 Å². The van der Waals surface area contributed by atoms with Crippen LogP contribution in [0.15, 0.2) is 87.8 Å². The Bertz CT molecular complexity index is 1070. The third-order valence-electron chi connectivity index (χ3n) is 4.37. The molecule has 6 nitrogen and oxygen atoms in total. The molecule has 140 valence electrons. The van der Waals surface area contributed by atoms with Crippen molar-refractivity contribution in [2.45, 2.75) is 6.17 Å². The molecule has 0 unspecified atom stereocenters. The lowest BCUT2D eigenvalue weighted by Gasteiger charge is -2.09. The van der Waals surface area contributed by atoms with Crippen LogP contribution in [0.3, 0.4) is 0 Å². The summed E-state index contributed by atoms with van der Waals surface area (Å²) >= 11 is 0. The first kappa shape index (κ1) is 19.6. The molecule has 0 aliphatic carbocycles. The van der Waals surface area contributed by atoms with Gasteiger partial charge in [0.1, 0.15) is 0 Å². The van der Waals surface area contributed by atoms with Crippen LogP contribution >= 0.6 is 0 Å². The number of benzene rings is 4. The van der Waals surface area contributed by atoms with Gasteiger partial charge in [0, 0.05) is 0 Å². The maximum absolute atomic E-state index is 9.63. The van der Waals surface area contributed by atoms with E-state index in [1.54, 1.807) is 0 Å². The standard InChI is InChI=1S/C18H12.C5H3N3O3/c1-2-8-14-13(7-1)15-9-3-4-11-17(15)18-12-6-5-10-16(14)18;9-2-6-1-5(7-3-10)8-4-11/h1-12H;5H,1H2. The molecule has 0 aliphatic heterocycles. The Morgan fingerprint density at radius 2 is 0.862 bits per heavy atom. The van der Waals surface area contributed by atoms with Crippen LogP contribution in [0.25, 0.3) is 32.3 Å². The summed E-state index contributed by atoms with van der Waals surface area (Å²) in [5, 5.41) is 8.04. The van der Waals surface area contributed by atoms with Crippen molar-refractivity contribution in [1.82, 2.24) is 0 Å². The molecule has 0 heterocycles. The van der Waals surface area contributed by atoms with Crippen molar-refractivity contribution in [3.63, 3.8) is 0 Å². The minimum absolute atomic E-state index is 0.187. The molecule has 0 radical (unpaired) electrons. The zero-order valence-electron chi connectivity index (χ0n) is 15.3. The number of fused-ring (bicyclic) bond motifs is 6. The number of hydrogen-bond donors (Lipinski definition) is 0. The van der Waals surface area contributed by atoms with Crippen LogP contribution in [-0.2, 0) is 14.4 Å². The van der Waals surface area contributed by atoms with E-state index >= 15 is 0 Å². The van der Waals surface area contributed by atoms with Gasteiger partial charge in [0.15, 0.2) is 6.17 Å². The van der Waals surface area contributed by atoms with Gasteiger partial charge in [-0.2, -0.15) is 9.98 Å². The van der Waals surface area contributed by atoms with Crippen LogP contribution < -0.4 is 0 Å². The van der Waals surface area contributed by atoms with E-state index in [1.807, 2.05) is 0 Å². The number of carbonyl (C=O) groups excluding carboxylic acids is 3. The Labute approximate surface area is 165 Å². The molecule has 0 fully saturated rings. The van der Waals surface area contributed by atoms with Gasteiger partial charge in [-0.05, 0) is 32.3 Å². The summed E-state index contributed by atoms with van der Waals surface area (Å²) in [5.74, 6) is 0. The second-order valence-electron chi connectivity index (χ2n) is 5.99. The fraction of sp³-hybridized carbons (Fsp3) is 0.0870. The number of isocyanates is 3. The zero-order valence-corrected chi connectivity index (χ0v) is 15.3. The Kier molecular flexibility index (Phi) is 6.51. The molecule has 0 saturated carbocycles. The average molecular weight is 381 g/mol. The molecule has 6 heteroatoms. The van der Waals surface area contributed by atoms with Gasteiger partial charge in [-0.1, -0.05) is 72.8 Å². The van der Waals surface area contributed by atoms with Gasteiger partial charge in [0.2, 0.25) is 18.2 Å². The number of hydrogen-bond acceptors (Lipinski definition) is 6. The molecule has 0 N–H and O–H groups in total. The molecule has 0 amide bonds. The van der Waals surface area contributed by atoms with Gasteiger partial charge in [0.05, 0.1) is 6.54 Å². The Morgan fingerprint density at radius 1 is 0.552 bits per heavy atom. The van der Waals surface area contributed by atoms with Crippen molar-refractivity contribution < 1.29 is 14.4 Å². The number of aliphatic imine (C=N–C) groups is 3. The molecular formula is C23H15N3O3. The van der Waals surface area contributed by atoms with E-state index in [0.29, 0.717) is 0 Å². The van der Waals surface area contributed by atoms with Crippen molar-refractivity contribution in [3.8, 4) is 0 Å². The van der Waals surface area contributed by atoms with Crippen LogP contribution in [0.2, 0.25) is 0 Å². The van der Waals surface area contributed by atoms with E-state index in [-0.39, 0.29) is 6.54 Å². The molecule has 4 rings (SSSR count). The highest BCUT2D eigenvalue weighted by atomic mass is 16.1. The predicted molar refractivity (Wildman–Crippen MR) is 112 cm³/mol. The highest BCUT2D eigenvalue weighted by Gasteiger charge is 2.06. The normalized spacial score (nSPS) is 10.8. The largest absolute Gasteiger partial charge is 0.237 e. The maximum atomic E-state index is 9.63. The van der Waals surface area contributed by atoms with E-state index in [1.165, 1.54) is 50.6 Å². The molecule has 0 aliphatic rings. The van der Waals surface area contributed by atoms with Crippen molar-refractivity contribution in [1.29, 1.82) is 0 Å². The molecule has 4 aromatic rings. The SMILES string of the molecule is O=C=NCC(N=C=O)N=C=O.c1ccc2c(c1)c1ccccc1c1ccccc21. The van der Waals surface area contributed by atoms with Gasteiger partial charge in [-0.3, -0.25) is 0 Å². The molecular weight excluding hydrogens is 366 g/mol. The van der Waals surface area contributed by atoms with Gasteiger partial charge in [-0.15, -0.1) is 0 Å². The van der Waals surface area contributed by atoms with Crippen molar-refractivity contribution >= 4 is 50.6 Å². The highest BCUT2D eigenvalue weighted by molar-refractivity contribution is 6.25. The lowest BCUT2D eigenvalue weighted by Crippen LogP contribution is -2.03. The van der Waals surface area contributed by atoms with Gasteiger partial charge >= 0.3 is 0 Å². The summed E-state index contributed by atoms with van der Waals surface area (Å²) in [7, 11) is 0. The molecule has 0 atom stereocenters. The molecule has 0 bridgehead atoms. The lowest BCUT2D eigenvalue weighted by atomic mass is 9.95. The molecule has 0 saturated heterocycles. The Morgan fingerprint density at radius 3 is 1.10 bits per heavy atom. The topological polar surface area (TPSA) is 88.3 Å². The molecule has 4 aromatic carbocycles.